The van der Waals surface area contributed by atoms with Gasteiger partial charge in [-0.3, -0.25) is 0 Å². The van der Waals surface area contributed by atoms with Crippen molar-refractivity contribution in [1.82, 2.24) is 20.4 Å². The van der Waals surface area contributed by atoms with Crippen LogP contribution in [0.1, 0.15) is 44.5 Å². The largest absolute Gasteiger partial charge is 0.203 e. The maximum absolute atomic E-state index is 4.40. The van der Waals surface area contributed by atoms with Gasteiger partial charge in [0.15, 0.2) is 0 Å². The number of aryl methyl sites for hydroxylation is 2. The summed E-state index contributed by atoms with van der Waals surface area (Å²) in [7, 11) is 0. The van der Waals surface area contributed by atoms with Crippen LogP contribution in [0.25, 0.3) is 22.8 Å². The monoisotopic (exact) mass is 346 g/mol. The molecule has 4 heteroatoms. The molecule has 0 radical (unpaired) electrons. The third-order valence-electron chi connectivity index (χ3n) is 5.92. The van der Waals surface area contributed by atoms with Crippen LogP contribution >= 0.6 is 0 Å². The standard InChI is InChI=1S/C22H26N4/c1-11-9-19(17(7)15(5)13(11)3)21-23-25-22(26-24-21)20-10-12(2)14(4)16(6)18(20)8/h9-10H,1-8H3. The molecule has 0 unspecified atom stereocenters. The second-order valence-corrected chi connectivity index (χ2v) is 7.28. The zero-order chi connectivity index (χ0) is 19.2. The summed E-state index contributed by atoms with van der Waals surface area (Å²) in [4.78, 5) is 0. The molecule has 3 aromatic rings. The minimum Gasteiger partial charge on any atom is -0.126 e. The predicted octanol–water partition coefficient (Wildman–Crippen LogP) is 5.07. The van der Waals surface area contributed by atoms with Gasteiger partial charge in [0, 0.05) is 11.1 Å². The molecule has 0 aliphatic rings. The summed E-state index contributed by atoms with van der Waals surface area (Å²) in [6, 6.07) is 4.25. The fourth-order valence-electron chi connectivity index (χ4n) is 3.33. The number of hydrogen-bond donors (Lipinski definition) is 0. The number of rotatable bonds is 2. The van der Waals surface area contributed by atoms with Crippen molar-refractivity contribution >= 4 is 0 Å². The summed E-state index contributed by atoms with van der Waals surface area (Å²) in [6.45, 7) is 17.0. The molecule has 0 atom stereocenters. The molecule has 0 amide bonds. The summed E-state index contributed by atoms with van der Waals surface area (Å²) >= 11 is 0. The summed E-state index contributed by atoms with van der Waals surface area (Å²) in [6.07, 6.45) is 0. The lowest BCUT2D eigenvalue weighted by atomic mass is 9.94. The molecular formula is C22H26N4. The summed E-state index contributed by atoms with van der Waals surface area (Å²) < 4.78 is 0. The van der Waals surface area contributed by atoms with Crippen LogP contribution in [0.15, 0.2) is 12.1 Å². The summed E-state index contributed by atoms with van der Waals surface area (Å²) in [5, 5.41) is 17.6. The zero-order valence-corrected chi connectivity index (χ0v) is 16.9. The second-order valence-electron chi connectivity index (χ2n) is 7.28. The third kappa shape index (κ3) is 2.90. The lowest BCUT2D eigenvalue weighted by Gasteiger charge is -2.14. The van der Waals surface area contributed by atoms with Crippen molar-refractivity contribution in [3.05, 3.63) is 56.6 Å². The molecule has 0 bridgehead atoms. The molecule has 0 aliphatic heterocycles. The van der Waals surface area contributed by atoms with E-state index in [1.807, 2.05) is 0 Å². The maximum Gasteiger partial charge on any atom is 0.203 e. The molecule has 2 aromatic carbocycles. The fraction of sp³-hybridized carbons (Fsp3) is 0.364. The molecule has 1 aromatic heterocycles. The van der Waals surface area contributed by atoms with Gasteiger partial charge in [-0.15, -0.1) is 20.4 Å². The maximum atomic E-state index is 4.40. The van der Waals surface area contributed by atoms with Gasteiger partial charge >= 0.3 is 0 Å². The molecular weight excluding hydrogens is 320 g/mol. The smallest absolute Gasteiger partial charge is 0.126 e. The molecule has 0 fully saturated rings. The Bertz CT molecular complexity index is 920. The minimum absolute atomic E-state index is 0.579. The average Bonchev–Trinajstić information content (AvgIpc) is 2.64. The van der Waals surface area contributed by atoms with E-state index in [4.69, 9.17) is 0 Å². The van der Waals surface area contributed by atoms with Crippen molar-refractivity contribution in [1.29, 1.82) is 0 Å². The third-order valence-corrected chi connectivity index (χ3v) is 5.92. The van der Waals surface area contributed by atoms with Crippen LogP contribution in [0.2, 0.25) is 0 Å². The van der Waals surface area contributed by atoms with Crippen molar-refractivity contribution < 1.29 is 0 Å². The fourth-order valence-corrected chi connectivity index (χ4v) is 3.33. The van der Waals surface area contributed by atoms with Crippen molar-refractivity contribution in [3.63, 3.8) is 0 Å². The van der Waals surface area contributed by atoms with E-state index in [2.05, 4.69) is 87.9 Å². The summed E-state index contributed by atoms with van der Waals surface area (Å²) in [5.41, 5.74) is 12.0. The zero-order valence-electron chi connectivity index (χ0n) is 16.9. The number of aromatic nitrogens is 4. The van der Waals surface area contributed by atoms with Crippen LogP contribution < -0.4 is 0 Å². The van der Waals surface area contributed by atoms with E-state index in [0.29, 0.717) is 11.6 Å². The molecule has 0 saturated carbocycles. The van der Waals surface area contributed by atoms with Gasteiger partial charge in [0.05, 0.1) is 0 Å². The Morgan fingerprint density at radius 1 is 0.423 bits per heavy atom. The number of hydrogen-bond acceptors (Lipinski definition) is 4. The average molecular weight is 346 g/mol. The lowest BCUT2D eigenvalue weighted by Crippen LogP contribution is -2.04. The molecule has 0 aliphatic carbocycles. The predicted molar refractivity (Wildman–Crippen MR) is 106 cm³/mol. The van der Waals surface area contributed by atoms with E-state index >= 15 is 0 Å². The molecule has 134 valence electrons. The van der Waals surface area contributed by atoms with E-state index in [1.54, 1.807) is 0 Å². The van der Waals surface area contributed by atoms with E-state index < -0.39 is 0 Å². The highest BCUT2D eigenvalue weighted by atomic mass is 15.3. The first-order valence-corrected chi connectivity index (χ1v) is 8.95. The van der Waals surface area contributed by atoms with Crippen LogP contribution in [0, 0.1) is 55.4 Å². The Morgan fingerprint density at radius 2 is 0.731 bits per heavy atom. The Balaban J connectivity index is 2.09. The van der Waals surface area contributed by atoms with Gasteiger partial charge in [0.2, 0.25) is 11.6 Å². The van der Waals surface area contributed by atoms with Crippen LogP contribution in [-0.2, 0) is 0 Å². The van der Waals surface area contributed by atoms with Crippen LogP contribution in [0.4, 0.5) is 0 Å². The van der Waals surface area contributed by atoms with E-state index in [-0.39, 0.29) is 0 Å². The summed E-state index contributed by atoms with van der Waals surface area (Å²) in [5.74, 6) is 1.16. The van der Waals surface area contributed by atoms with Gasteiger partial charge in [-0.25, -0.2) is 0 Å². The topological polar surface area (TPSA) is 51.6 Å². The first-order chi connectivity index (χ1) is 12.2. The Morgan fingerprint density at radius 3 is 1.04 bits per heavy atom. The quantitative estimate of drug-likeness (QED) is 0.650. The Hall–Kier alpha value is -2.62. The van der Waals surface area contributed by atoms with Crippen molar-refractivity contribution in [2.24, 2.45) is 0 Å². The van der Waals surface area contributed by atoms with Gasteiger partial charge in [-0.2, -0.15) is 0 Å². The molecule has 4 nitrogen and oxygen atoms in total. The van der Waals surface area contributed by atoms with Crippen LogP contribution in [-0.4, -0.2) is 20.4 Å². The Labute approximate surface area is 155 Å². The second kappa shape index (κ2) is 6.60. The lowest BCUT2D eigenvalue weighted by molar-refractivity contribution is 0.872. The SMILES string of the molecule is Cc1cc(-c2nnc(-c3cc(C)c(C)c(C)c3C)nn2)c(C)c(C)c1C. The highest BCUT2D eigenvalue weighted by Gasteiger charge is 2.15. The van der Waals surface area contributed by atoms with Crippen LogP contribution in [0.5, 0.6) is 0 Å². The molecule has 3 rings (SSSR count). The van der Waals surface area contributed by atoms with Crippen LogP contribution in [0.3, 0.4) is 0 Å². The molecule has 0 saturated heterocycles. The van der Waals surface area contributed by atoms with Gasteiger partial charge in [-0.05, 0) is 112 Å². The van der Waals surface area contributed by atoms with Crippen molar-refractivity contribution in [3.8, 4) is 22.8 Å². The van der Waals surface area contributed by atoms with Gasteiger partial charge in [-0.1, -0.05) is 0 Å². The number of benzene rings is 2. The normalized spacial score (nSPS) is 11.1. The highest BCUT2D eigenvalue weighted by Crippen LogP contribution is 2.29. The van der Waals surface area contributed by atoms with E-state index in [9.17, 15) is 0 Å². The van der Waals surface area contributed by atoms with Gasteiger partial charge in [0.25, 0.3) is 0 Å². The van der Waals surface area contributed by atoms with Crippen molar-refractivity contribution in [2.75, 3.05) is 0 Å². The van der Waals surface area contributed by atoms with Crippen molar-refractivity contribution in [2.45, 2.75) is 55.4 Å². The number of nitrogens with zero attached hydrogens (tertiary/aromatic N) is 4. The van der Waals surface area contributed by atoms with Gasteiger partial charge in [0.1, 0.15) is 0 Å². The molecule has 26 heavy (non-hydrogen) atoms. The Kier molecular flexibility index (Phi) is 4.61. The molecule has 0 N–H and O–H groups in total. The van der Waals surface area contributed by atoms with Gasteiger partial charge < -0.3 is 0 Å². The highest BCUT2D eigenvalue weighted by molar-refractivity contribution is 5.66. The first-order valence-electron chi connectivity index (χ1n) is 8.95. The van der Waals surface area contributed by atoms with E-state index in [0.717, 1.165) is 11.1 Å². The van der Waals surface area contributed by atoms with E-state index in [1.165, 1.54) is 44.5 Å². The first kappa shape index (κ1) is 18.2. The minimum atomic E-state index is 0.579. The molecule has 1 heterocycles. The molecule has 0 spiro atoms.